The third-order valence-corrected chi connectivity index (χ3v) is 3.02. The summed E-state index contributed by atoms with van der Waals surface area (Å²) in [5.41, 5.74) is -2.39. The van der Waals surface area contributed by atoms with Crippen LogP contribution in [-0.4, -0.2) is 40.6 Å². The number of amides is 1. The van der Waals surface area contributed by atoms with Crippen LogP contribution < -0.4 is 24.0 Å². The number of ether oxygens (including phenoxy) is 1. The molecule has 1 fully saturated rings. The molecule has 0 saturated carbocycles. The number of carboxylic acid groups (broad SMARTS) is 1. The van der Waals surface area contributed by atoms with Crippen LogP contribution in [0.3, 0.4) is 0 Å². The molecule has 0 aromatic carbocycles. The van der Waals surface area contributed by atoms with Gasteiger partial charge in [-0.25, -0.2) is 9.18 Å². The Bertz CT molecular complexity index is 565. The van der Waals surface area contributed by atoms with Crippen LogP contribution in [0.2, 0.25) is 0 Å². The maximum atomic E-state index is 14.6. The van der Waals surface area contributed by atoms with Gasteiger partial charge in [-0.05, 0) is 26.8 Å². The Morgan fingerprint density at radius 1 is 1.36 bits per heavy atom. The Balaban J connectivity index is 0.00000242. The second kappa shape index (κ2) is 6.27. The second-order valence-electron chi connectivity index (χ2n) is 6.02. The molecule has 1 amide bonds. The molecule has 0 unspecified atom stereocenters. The van der Waals surface area contributed by atoms with E-state index >= 15 is 0 Å². The third-order valence-electron chi connectivity index (χ3n) is 3.02. The van der Waals surface area contributed by atoms with Crippen molar-refractivity contribution in [2.24, 2.45) is 0 Å². The molecule has 0 N–H and O–H groups in total. The number of rotatable bonds is 2. The van der Waals surface area contributed by atoms with Crippen molar-refractivity contribution < 1.29 is 42.7 Å². The Kier molecular flexibility index (Phi) is 5.26. The Morgan fingerprint density at radius 3 is 2.36 bits per heavy atom. The summed E-state index contributed by atoms with van der Waals surface area (Å²) >= 11 is 0. The molecule has 0 spiro atoms. The third kappa shape index (κ3) is 3.99. The molecule has 0 atom stereocenters. The average Bonchev–Trinajstić information content (AvgIpc) is 2.33. The van der Waals surface area contributed by atoms with Crippen LogP contribution in [0.4, 0.5) is 9.18 Å². The Labute approximate surface area is 139 Å². The number of halogens is 1. The number of hydrogen-bond donors (Lipinski definition) is 0. The number of alkyl halides is 1. The van der Waals surface area contributed by atoms with E-state index in [1.165, 1.54) is 17.0 Å². The minimum atomic E-state index is -1.73. The predicted octanol–water partition coefficient (Wildman–Crippen LogP) is -2.14. The smallest absolute Gasteiger partial charge is 0.543 e. The molecular weight excluding hydrogens is 286 g/mol. The van der Waals surface area contributed by atoms with Gasteiger partial charge in [-0.1, -0.05) is 6.07 Å². The zero-order chi connectivity index (χ0) is 15.8. The van der Waals surface area contributed by atoms with Gasteiger partial charge in [-0.2, -0.15) is 0 Å². The van der Waals surface area contributed by atoms with Crippen LogP contribution in [0.25, 0.3) is 0 Å². The van der Waals surface area contributed by atoms with E-state index in [0.29, 0.717) is 0 Å². The minimum absolute atomic E-state index is 0. The number of hydrogen-bond acceptors (Lipinski definition) is 5. The summed E-state index contributed by atoms with van der Waals surface area (Å²) < 4.78 is 19.7. The molecule has 0 bridgehead atoms. The number of pyridine rings is 1. The summed E-state index contributed by atoms with van der Waals surface area (Å²) in [6, 6.07) is 2.52. The first-order valence-corrected chi connectivity index (χ1v) is 6.45. The molecule has 114 valence electrons. The molecule has 1 aliphatic rings. The molecule has 0 aliphatic carbocycles. The number of aromatic carboxylic acids is 1. The normalized spacial score (nSPS) is 16.3. The summed E-state index contributed by atoms with van der Waals surface area (Å²) in [5.74, 6) is -1.42. The van der Waals surface area contributed by atoms with Gasteiger partial charge in [0.05, 0.1) is 24.8 Å². The first kappa shape index (κ1) is 18.5. The van der Waals surface area contributed by atoms with E-state index in [1.807, 2.05) is 0 Å². The minimum Gasteiger partial charge on any atom is -0.543 e. The molecule has 6 nitrogen and oxygen atoms in total. The summed E-state index contributed by atoms with van der Waals surface area (Å²) in [4.78, 5) is 27.2. The number of nitrogens with zero attached hydrogens (tertiary/aromatic N) is 2. The molecule has 0 radical (unpaired) electrons. The van der Waals surface area contributed by atoms with E-state index in [1.54, 1.807) is 20.8 Å². The summed E-state index contributed by atoms with van der Waals surface area (Å²) in [6.07, 6.45) is 0.576. The van der Waals surface area contributed by atoms with Crippen molar-refractivity contribution >= 4 is 12.1 Å². The van der Waals surface area contributed by atoms with E-state index in [4.69, 9.17) is 4.74 Å². The van der Waals surface area contributed by atoms with Gasteiger partial charge < -0.3 is 19.5 Å². The quantitative estimate of drug-likeness (QED) is 0.583. The second-order valence-corrected chi connectivity index (χ2v) is 6.02. The van der Waals surface area contributed by atoms with Crippen molar-refractivity contribution in [2.45, 2.75) is 32.0 Å². The maximum absolute atomic E-state index is 14.6. The van der Waals surface area contributed by atoms with Gasteiger partial charge in [0.1, 0.15) is 5.60 Å². The summed E-state index contributed by atoms with van der Waals surface area (Å²) in [6.45, 7) is 4.91. The van der Waals surface area contributed by atoms with E-state index in [0.717, 1.165) is 6.20 Å². The molecule has 2 heterocycles. The fraction of sp³-hybridized carbons (Fsp3) is 0.500. The van der Waals surface area contributed by atoms with Crippen molar-refractivity contribution in [1.82, 2.24) is 9.88 Å². The molecular formula is C14H16FLiN2O4. The standard InChI is InChI=1S/C14H17FN2O4.Li/c1-13(2,3)21-12(20)17-7-14(15,8-17)9-4-5-10(11(18)19)16-6-9;/h4-6H,7-8H2,1-3H3,(H,18,19);/q;+1/p-1. The van der Waals surface area contributed by atoms with E-state index in [-0.39, 0.29) is 43.2 Å². The Hall–Kier alpha value is -1.58. The molecule has 8 heteroatoms. The number of carbonyl (C=O) groups excluding carboxylic acids is 2. The van der Waals surface area contributed by atoms with E-state index in [2.05, 4.69) is 4.98 Å². The predicted molar refractivity (Wildman–Crippen MR) is 69.2 cm³/mol. The van der Waals surface area contributed by atoms with Crippen molar-refractivity contribution in [2.75, 3.05) is 13.1 Å². The number of carbonyl (C=O) groups is 2. The van der Waals surface area contributed by atoms with E-state index in [9.17, 15) is 19.1 Å². The summed E-state index contributed by atoms with van der Waals surface area (Å²) in [5, 5.41) is 10.6. The van der Waals surface area contributed by atoms with E-state index < -0.39 is 23.3 Å². The molecule has 1 aromatic rings. The summed E-state index contributed by atoms with van der Waals surface area (Å²) in [7, 11) is 0. The SMILES string of the molecule is CC(C)(C)OC(=O)N1CC(F)(c2ccc(C(=O)[O-])nc2)C1.[Li+]. The molecule has 22 heavy (non-hydrogen) atoms. The van der Waals surface area contributed by atoms with Gasteiger partial charge in [-0.15, -0.1) is 0 Å². The van der Waals surface area contributed by atoms with Gasteiger partial charge in [0.15, 0.2) is 5.67 Å². The zero-order valence-corrected chi connectivity index (χ0v) is 13.1. The first-order chi connectivity index (χ1) is 9.61. The van der Waals surface area contributed by atoms with Gasteiger partial charge in [0.2, 0.25) is 0 Å². The fourth-order valence-corrected chi connectivity index (χ4v) is 1.98. The van der Waals surface area contributed by atoms with Gasteiger partial charge in [0.25, 0.3) is 0 Å². The number of aromatic nitrogens is 1. The van der Waals surface area contributed by atoms with Gasteiger partial charge in [0, 0.05) is 11.8 Å². The van der Waals surface area contributed by atoms with Crippen LogP contribution in [0.15, 0.2) is 18.3 Å². The zero-order valence-electron chi connectivity index (χ0n) is 13.1. The van der Waals surface area contributed by atoms with Crippen LogP contribution in [0, 0.1) is 0 Å². The van der Waals surface area contributed by atoms with Crippen molar-refractivity contribution in [3.05, 3.63) is 29.6 Å². The molecule has 1 saturated heterocycles. The van der Waals surface area contributed by atoms with Crippen LogP contribution in [0.5, 0.6) is 0 Å². The monoisotopic (exact) mass is 302 g/mol. The van der Waals surface area contributed by atoms with Crippen LogP contribution in [-0.2, 0) is 10.4 Å². The van der Waals surface area contributed by atoms with Crippen molar-refractivity contribution in [1.29, 1.82) is 0 Å². The average molecular weight is 302 g/mol. The van der Waals surface area contributed by atoms with Crippen molar-refractivity contribution in [3.8, 4) is 0 Å². The van der Waals surface area contributed by atoms with Crippen LogP contribution >= 0.6 is 0 Å². The van der Waals surface area contributed by atoms with Gasteiger partial charge in [-0.3, -0.25) is 4.98 Å². The maximum Gasteiger partial charge on any atom is 1.00 e. The fourth-order valence-electron chi connectivity index (χ4n) is 1.98. The molecule has 1 aromatic heterocycles. The Morgan fingerprint density at radius 2 is 1.95 bits per heavy atom. The number of likely N-dealkylation sites (tertiary alicyclic amines) is 1. The van der Waals surface area contributed by atoms with Gasteiger partial charge >= 0.3 is 25.0 Å². The topological polar surface area (TPSA) is 82.6 Å². The van der Waals surface area contributed by atoms with Crippen molar-refractivity contribution in [3.63, 3.8) is 0 Å². The number of carboxylic acids is 1. The van der Waals surface area contributed by atoms with Crippen LogP contribution in [0.1, 0.15) is 36.8 Å². The molecule has 2 rings (SSSR count). The largest absolute Gasteiger partial charge is 1.00 e. The molecule has 1 aliphatic heterocycles. The first-order valence-electron chi connectivity index (χ1n) is 6.45.